The fraction of sp³-hybridized carbons (Fsp3) is 0.273. The molecule has 0 radical (unpaired) electrons. The van der Waals surface area contributed by atoms with E-state index in [4.69, 9.17) is 5.73 Å². The normalized spacial score (nSPS) is 13.1. The molecule has 0 saturated heterocycles. The summed E-state index contributed by atoms with van der Waals surface area (Å²) in [7, 11) is 1.82. The van der Waals surface area contributed by atoms with E-state index in [1.807, 2.05) is 63.4 Å². The first kappa shape index (κ1) is 18.5. The van der Waals surface area contributed by atoms with Crippen LogP contribution in [0, 0.1) is 11.3 Å². The maximum atomic E-state index is 12.1. The molecule has 0 aliphatic carbocycles. The third-order valence-corrected chi connectivity index (χ3v) is 5.13. The highest BCUT2D eigenvalue weighted by Crippen LogP contribution is 2.31. The molecule has 0 spiro atoms. The zero-order valence-corrected chi connectivity index (χ0v) is 15.9. The lowest BCUT2D eigenvalue weighted by molar-refractivity contribution is 0.607. The molecular formula is C22H24N4O. The van der Waals surface area contributed by atoms with Crippen molar-refractivity contribution >= 4 is 22.3 Å². The van der Waals surface area contributed by atoms with Crippen molar-refractivity contribution in [1.82, 2.24) is 4.98 Å². The average Bonchev–Trinajstić information content (AvgIpc) is 2.67. The van der Waals surface area contributed by atoms with Crippen LogP contribution < -0.4 is 16.6 Å². The lowest BCUT2D eigenvalue weighted by Crippen LogP contribution is -2.23. The number of nitrogen functional groups attached to an aromatic ring is 1. The SMILES string of the molecule is CCc1cc2ccc(C(C)(C#N)Cc3ccc(NC)c(N)c3)cc2[nH]c1=O. The summed E-state index contributed by atoms with van der Waals surface area (Å²) in [5.41, 5.74) is 10.2. The minimum atomic E-state index is -0.734. The van der Waals surface area contributed by atoms with Crippen LogP contribution in [0.25, 0.3) is 10.9 Å². The summed E-state index contributed by atoms with van der Waals surface area (Å²) >= 11 is 0. The molecule has 27 heavy (non-hydrogen) atoms. The summed E-state index contributed by atoms with van der Waals surface area (Å²) in [5.74, 6) is 0. The van der Waals surface area contributed by atoms with E-state index in [2.05, 4.69) is 16.4 Å². The van der Waals surface area contributed by atoms with Crippen molar-refractivity contribution in [2.45, 2.75) is 32.1 Å². The first-order valence-corrected chi connectivity index (χ1v) is 9.04. The van der Waals surface area contributed by atoms with Gasteiger partial charge in [-0.15, -0.1) is 0 Å². The largest absolute Gasteiger partial charge is 0.397 e. The number of benzene rings is 2. The topological polar surface area (TPSA) is 94.7 Å². The molecule has 5 heteroatoms. The summed E-state index contributed by atoms with van der Waals surface area (Å²) in [6, 6.07) is 16.0. The van der Waals surface area contributed by atoms with E-state index in [1.54, 1.807) is 0 Å². The predicted molar refractivity (Wildman–Crippen MR) is 111 cm³/mol. The fourth-order valence-electron chi connectivity index (χ4n) is 3.42. The summed E-state index contributed by atoms with van der Waals surface area (Å²) < 4.78 is 0. The molecule has 4 N–H and O–H groups in total. The van der Waals surface area contributed by atoms with E-state index < -0.39 is 5.41 Å². The van der Waals surface area contributed by atoms with Gasteiger partial charge >= 0.3 is 0 Å². The maximum absolute atomic E-state index is 12.1. The second-order valence-corrected chi connectivity index (χ2v) is 7.07. The first-order chi connectivity index (χ1) is 12.9. The highest BCUT2D eigenvalue weighted by molar-refractivity contribution is 5.80. The number of nitrogens with zero attached hydrogens (tertiary/aromatic N) is 1. The van der Waals surface area contributed by atoms with Gasteiger partial charge in [-0.2, -0.15) is 5.26 Å². The number of H-pyrrole nitrogens is 1. The van der Waals surface area contributed by atoms with E-state index in [0.29, 0.717) is 18.5 Å². The van der Waals surface area contributed by atoms with Gasteiger partial charge in [-0.3, -0.25) is 4.79 Å². The van der Waals surface area contributed by atoms with E-state index in [0.717, 1.165) is 33.3 Å². The van der Waals surface area contributed by atoms with Crippen LogP contribution in [0.5, 0.6) is 0 Å². The monoisotopic (exact) mass is 360 g/mol. The van der Waals surface area contributed by atoms with E-state index in [-0.39, 0.29) is 5.56 Å². The second-order valence-electron chi connectivity index (χ2n) is 7.07. The standard InChI is InChI=1S/C22H24N4O/c1-4-15-10-16-6-7-17(11-20(16)26-21(15)27)22(2,13-23)12-14-5-8-19(25-3)18(24)9-14/h5-11,25H,4,12,24H2,1-3H3,(H,26,27). The van der Waals surface area contributed by atoms with Crippen LogP contribution in [0.15, 0.2) is 47.3 Å². The molecular weight excluding hydrogens is 336 g/mol. The average molecular weight is 360 g/mol. The number of anilines is 2. The summed E-state index contributed by atoms with van der Waals surface area (Å²) in [6.07, 6.45) is 1.22. The molecule has 1 atom stereocenters. The van der Waals surface area contributed by atoms with E-state index in [1.165, 1.54) is 0 Å². The lowest BCUT2D eigenvalue weighted by atomic mass is 9.78. The molecule has 3 rings (SSSR count). The van der Waals surface area contributed by atoms with Crippen LogP contribution in [0.4, 0.5) is 11.4 Å². The smallest absolute Gasteiger partial charge is 0.251 e. The highest BCUT2D eigenvalue weighted by atomic mass is 16.1. The molecule has 0 saturated carbocycles. The molecule has 1 unspecified atom stereocenters. The van der Waals surface area contributed by atoms with Gasteiger partial charge in [0.05, 0.1) is 22.9 Å². The van der Waals surface area contributed by atoms with Crippen molar-refractivity contribution < 1.29 is 0 Å². The number of nitrogens with two attached hydrogens (primary N) is 1. The molecule has 138 valence electrons. The molecule has 1 aromatic heterocycles. The minimum absolute atomic E-state index is 0.0729. The summed E-state index contributed by atoms with van der Waals surface area (Å²) in [4.78, 5) is 15.1. The van der Waals surface area contributed by atoms with Crippen LogP contribution in [-0.4, -0.2) is 12.0 Å². The number of hydrogen-bond donors (Lipinski definition) is 3. The number of nitrogens with one attached hydrogen (secondary N) is 2. The number of fused-ring (bicyclic) bond motifs is 1. The Bertz CT molecular complexity index is 1090. The molecule has 0 bridgehead atoms. The van der Waals surface area contributed by atoms with Crippen LogP contribution in [0.2, 0.25) is 0 Å². The summed E-state index contributed by atoms with van der Waals surface area (Å²) in [5, 5.41) is 13.9. The molecule has 3 aromatic rings. The van der Waals surface area contributed by atoms with Gasteiger partial charge in [0.15, 0.2) is 0 Å². The molecule has 5 nitrogen and oxygen atoms in total. The van der Waals surface area contributed by atoms with Gasteiger partial charge in [0, 0.05) is 18.1 Å². The van der Waals surface area contributed by atoms with Crippen molar-refractivity contribution in [2.24, 2.45) is 0 Å². The van der Waals surface area contributed by atoms with Crippen molar-refractivity contribution in [3.8, 4) is 6.07 Å². The van der Waals surface area contributed by atoms with Gasteiger partial charge in [-0.05, 0) is 60.5 Å². The Labute approximate surface area is 158 Å². The Hall–Kier alpha value is -3.26. The third-order valence-electron chi connectivity index (χ3n) is 5.13. The van der Waals surface area contributed by atoms with Crippen molar-refractivity contribution in [3.63, 3.8) is 0 Å². The molecule has 0 fully saturated rings. The number of aryl methyl sites for hydroxylation is 1. The van der Waals surface area contributed by atoms with E-state index in [9.17, 15) is 10.1 Å². The van der Waals surface area contributed by atoms with Gasteiger partial charge in [0.2, 0.25) is 0 Å². The zero-order chi connectivity index (χ0) is 19.6. The Balaban J connectivity index is 2.02. The predicted octanol–water partition coefficient (Wildman–Crippen LogP) is 3.74. The molecule has 0 aliphatic rings. The molecule has 0 amide bonds. The Morgan fingerprint density at radius 3 is 2.63 bits per heavy atom. The van der Waals surface area contributed by atoms with Gasteiger partial charge in [0.25, 0.3) is 5.56 Å². The highest BCUT2D eigenvalue weighted by Gasteiger charge is 2.27. The Morgan fingerprint density at radius 2 is 2.00 bits per heavy atom. The van der Waals surface area contributed by atoms with Gasteiger partial charge in [0.1, 0.15) is 0 Å². The zero-order valence-electron chi connectivity index (χ0n) is 15.9. The number of rotatable bonds is 5. The number of nitriles is 1. The van der Waals surface area contributed by atoms with E-state index >= 15 is 0 Å². The van der Waals surface area contributed by atoms with Gasteiger partial charge in [-0.25, -0.2) is 0 Å². The van der Waals surface area contributed by atoms with Crippen LogP contribution >= 0.6 is 0 Å². The third kappa shape index (κ3) is 3.52. The van der Waals surface area contributed by atoms with Gasteiger partial charge in [-0.1, -0.05) is 25.1 Å². The van der Waals surface area contributed by atoms with Gasteiger partial charge < -0.3 is 16.0 Å². The summed E-state index contributed by atoms with van der Waals surface area (Å²) in [6.45, 7) is 3.87. The first-order valence-electron chi connectivity index (χ1n) is 9.04. The van der Waals surface area contributed by atoms with Crippen LogP contribution in [-0.2, 0) is 18.3 Å². The minimum Gasteiger partial charge on any atom is -0.397 e. The number of hydrogen-bond acceptors (Lipinski definition) is 4. The Kier molecular flexibility index (Phi) is 4.91. The van der Waals surface area contributed by atoms with Crippen LogP contribution in [0.3, 0.4) is 0 Å². The number of aromatic nitrogens is 1. The quantitative estimate of drug-likeness (QED) is 0.604. The Morgan fingerprint density at radius 1 is 1.22 bits per heavy atom. The number of pyridine rings is 1. The lowest BCUT2D eigenvalue weighted by Gasteiger charge is -2.23. The molecule has 1 heterocycles. The van der Waals surface area contributed by atoms with Crippen molar-refractivity contribution in [1.29, 1.82) is 5.26 Å². The molecule has 2 aromatic carbocycles. The number of aromatic amines is 1. The second kappa shape index (κ2) is 7.16. The molecule has 0 aliphatic heterocycles. The van der Waals surface area contributed by atoms with Crippen LogP contribution in [0.1, 0.15) is 30.5 Å². The fourth-order valence-corrected chi connectivity index (χ4v) is 3.42. The van der Waals surface area contributed by atoms with Crippen molar-refractivity contribution in [3.05, 3.63) is 69.5 Å². The maximum Gasteiger partial charge on any atom is 0.251 e. The van der Waals surface area contributed by atoms with Crippen molar-refractivity contribution in [2.75, 3.05) is 18.1 Å².